The largest absolute Gasteiger partial charge is 0.347 e. The lowest BCUT2D eigenvalue weighted by atomic mass is 9.58. The molecule has 0 atom stereocenters. The zero-order valence-electron chi connectivity index (χ0n) is 13.4. The summed E-state index contributed by atoms with van der Waals surface area (Å²) >= 11 is 5.96. The van der Waals surface area contributed by atoms with E-state index in [2.05, 4.69) is 11.4 Å². The van der Waals surface area contributed by atoms with Gasteiger partial charge < -0.3 is 5.32 Å². The summed E-state index contributed by atoms with van der Waals surface area (Å²) in [5, 5.41) is 12.7. The predicted molar refractivity (Wildman–Crippen MR) is 90.5 cm³/mol. The molecule has 0 spiro atoms. The van der Waals surface area contributed by atoms with Crippen LogP contribution in [0.15, 0.2) is 23.1 Å². The molecule has 1 N–H and O–H groups in total. The third-order valence-corrected chi connectivity index (χ3v) is 6.84. The molecule has 3 fully saturated rings. The summed E-state index contributed by atoms with van der Waals surface area (Å²) in [5.41, 5.74) is -0.491. The van der Waals surface area contributed by atoms with Crippen LogP contribution in [0, 0.1) is 16.7 Å². The maximum atomic E-state index is 12.8. The maximum absolute atomic E-state index is 12.8. The molecule has 1 aromatic carbocycles. The molecule has 0 aromatic heterocycles. The quantitative estimate of drug-likeness (QED) is 0.890. The Morgan fingerprint density at radius 1 is 1.21 bits per heavy atom. The highest BCUT2D eigenvalue weighted by Crippen LogP contribution is 2.52. The Balaban J connectivity index is 1.87. The normalized spacial score (nSPS) is 29.0. The van der Waals surface area contributed by atoms with Gasteiger partial charge in [-0.25, -0.2) is 8.42 Å². The SMILES string of the molecule is CS(=O)(=O)c1ccc(Cl)cc1C(=O)NC12CCC(C#N)(CC1)CC2. The summed E-state index contributed by atoms with van der Waals surface area (Å²) < 4.78 is 23.9. The third kappa shape index (κ3) is 3.03. The van der Waals surface area contributed by atoms with Gasteiger partial charge in [-0.2, -0.15) is 5.26 Å². The molecule has 0 aliphatic heterocycles. The van der Waals surface area contributed by atoms with Crippen LogP contribution in [0.1, 0.15) is 48.9 Å². The summed E-state index contributed by atoms with van der Waals surface area (Å²) in [7, 11) is -3.53. The minimum atomic E-state index is -3.53. The first-order chi connectivity index (χ1) is 11.2. The lowest BCUT2D eigenvalue weighted by Gasteiger charge is -2.50. The van der Waals surface area contributed by atoms with Crippen molar-refractivity contribution in [2.24, 2.45) is 5.41 Å². The van der Waals surface area contributed by atoms with E-state index in [1.165, 1.54) is 18.2 Å². The van der Waals surface area contributed by atoms with Crippen LogP contribution in [0.4, 0.5) is 0 Å². The number of halogens is 1. The summed E-state index contributed by atoms with van der Waals surface area (Å²) in [6.07, 6.45) is 5.66. The summed E-state index contributed by atoms with van der Waals surface area (Å²) in [4.78, 5) is 12.7. The van der Waals surface area contributed by atoms with Crippen LogP contribution in [-0.4, -0.2) is 26.1 Å². The number of nitriles is 1. The molecule has 0 radical (unpaired) electrons. The van der Waals surface area contributed by atoms with E-state index in [4.69, 9.17) is 11.6 Å². The second-order valence-electron chi connectivity index (χ2n) is 7.04. The van der Waals surface area contributed by atoms with Gasteiger partial charge >= 0.3 is 0 Å². The van der Waals surface area contributed by atoms with E-state index in [1.54, 1.807) is 0 Å². The van der Waals surface area contributed by atoms with Crippen molar-refractivity contribution in [1.82, 2.24) is 5.32 Å². The zero-order valence-corrected chi connectivity index (χ0v) is 15.0. The van der Waals surface area contributed by atoms with Crippen molar-refractivity contribution in [2.75, 3.05) is 6.26 Å². The van der Waals surface area contributed by atoms with Crippen LogP contribution in [0.2, 0.25) is 5.02 Å². The number of rotatable bonds is 3. The average Bonchev–Trinajstić information content (AvgIpc) is 2.55. The zero-order chi connectivity index (χ0) is 17.6. The third-order valence-electron chi connectivity index (χ3n) is 5.45. The van der Waals surface area contributed by atoms with Gasteiger partial charge in [0.15, 0.2) is 9.84 Å². The Morgan fingerprint density at radius 3 is 2.29 bits per heavy atom. The number of benzene rings is 1. The molecule has 3 saturated carbocycles. The van der Waals surface area contributed by atoms with Crippen molar-refractivity contribution in [3.63, 3.8) is 0 Å². The second kappa shape index (κ2) is 5.75. The molecular formula is C17H19ClN2O3S. The number of hydrogen-bond acceptors (Lipinski definition) is 4. The molecule has 7 heteroatoms. The molecule has 24 heavy (non-hydrogen) atoms. The number of hydrogen-bond donors (Lipinski definition) is 1. The molecule has 0 heterocycles. The second-order valence-corrected chi connectivity index (χ2v) is 9.46. The van der Waals surface area contributed by atoms with Gasteiger partial charge in [0.25, 0.3) is 5.91 Å². The maximum Gasteiger partial charge on any atom is 0.253 e. The number of amides is 1. The van der Waals surface area contributed by atoms with Crippen molar-refractivity contribution in [2.45, 2.75) is 49.0 Å². The van der Waals surface area contributed by atoms with E-state index in [1.807, 2.05) is 0 Å². The first-order valence-corrected chi connectivity index (χ1v) is 10.2. The molecule has 0 unspecified atom stereocenters. The standard InChI is InChI=1S/C17H19ClN2O3S/c1-24(22,23)14-3-2-12(18)10-13(14)15(21)20-17-7-4-16(11-19,5-8-17)6-9-17/h2-3,10H,4-9H2,1H3,(H,20,21). The Morgan fingerprint density at radius 2 is 1.79 bits per heavy atom. The van der Waals surface area contributed by atoms with Crippen LogP contribution < -0.4 is 5.32 Å². The number of nitrogens with one attached hydrogen (secondary N) is 1. The van der Waals surface area contributed by atoms with Crippen molar-refractivity contribution >= 4 is 27.3 Å². The number of sulfone groups is 1. The van der Waals surface area contributed by atoms with Gasteiger partial charge in [-0.3, -0.25) is 4.79 Å². The minimum Gasteiger partial charge on any atom is -0.347 e. The number of carbonyl (C=O) groups is 1. The van der Waals surface area contributed by atoms with E-state index in [9.17, 15) is 18.5 Å². The van der Waals surface area contributed by atoms with Gasteiger partial charge in [0.05, 0.1) is 21.9 Å². The highest BCUT2D eigenvalue weighted by molar-refractivity contribution is 7.90. The Labute approximate surface area is 146 Å². The van der Waals surface area contributed by atoms with E-state index in [0.717, 1.165) is 44.8 Å². The molecule has 5 nitrogen and oxygen atoms in total. The number of carbonyl (C=O) groups excluding carboxylic acids is 1. The van der Waals surface area contributed by atoms with Crippen molar-refractivity contribution in [3.05, 3.63) is 28.8 Å². The van der Waals surface area contributed by atoms with Crippen molar-refractivity contribution in [1.29, 1.82) is 5.26 Å². The Bertz CT molecular complexity index is 817. The Kier molecular flexibility index (Phi) is 4.13. The summed E-state index contributed by atoms with van der Waals surface area (Å²) in [5.74, 6) is -0.413. The molecular weight excluding hydrogens is 348 g/mol. The van der Waals surface area contributed by atoms with E-state index in [0.29, 0.717) is 5.02 Å². The van der Waals surface area contributed by atoms with Gasteiger partial charge in [0.2, 0.25) is 0 Å². The van der Waals surface area contributed by atoms with Crippen molar-refractivity contribution < 1.29 is 13.2 Å². The fraction of sp³-hybridized carbons (Fsp3) is 0.529. The van der Waals surface area contributed by atoms with Crippen molar-refractivity contribution in [3.8, 4) is 6.07 Å². The van der Waals surface area contributed by atoms with Gasteiger partial charge in [-0.15, -0.1) is 0 Å². The van der Waals surface area contributed by atoms with Gasteiger partial charge in [0, 0.05) is 16.8 Å². The summed E-state index contributed by atoms with van der Waals surface area (Å²) in [6, 6.07) is 6.67. The van der Waals surface area contributed by atoms with Crippen LogP contribution >= 0.6 is 11.6 Å². The molecule has 128 valence electrons. The van der Waals surface area contributed by atoms with Crippen LogP contribution in [-0.2, 0) is 9.84 Å². The van der Waals surface area contributed by atoms with Gasteiger partial charge in [-0.1, -0.05) is 11.6 Å². The first kappa shape index (κ1) is 17.2. The van der Waals surface area contributed by atoms with E-state index < -0.39 is 15.7 Å². The molecule has 3 aliphatic carbocycles. The predicted octanol–water partition coefficient (Wildman–Crippen LogP) is 3.09. The van der Waals surface area contributed by atoms with Gasteiger partial charge in [-0.05, 0) is 56.7 Å². The van der Waals surface area contributed by atoms with Crippen LogP contribution in [0.5, 0.6) is 0 Å². The monoisotopic (exact) mass is 366 g/mol. The highest BCUT2D eigenvalue weighted by Gasteiger charge is 2.49. The van der Waals surface area contributed by atoms with E-state index >= 15 is 0 Å². The molecule has 2 bridgehead atoms. The smallest absolute Gasteiger partial charge is 0.253 e. The fourth-order valence-corrected chi connectivity index (χ4v) is 4.89. The summed E-state index contributed by atoms with van der Waals surface area (Å²) in [6.45, 7) is 0. The Hall–Kier alpha value is -1.58. The van der Waals surface area contributed by atoms with Gasteiger partial charge in [0.1, 0.15) is 0 Å². The first-order valence-electron chi connectivity index (χ1n) is 7.92. The number of nitrogens with zero attached hydrogens (tertiary/aromatic N) is 1. The van der Waals surface area contributed by atoms with E-state index in [-0.39, 0.29) is 21.4 Å². The molecule has 0 saturated heterocycles. The van der Waals surface area contributed by atoms with Crippen LogP contribution in [0.25, 0.3) is 0 Å². The molecule has 4 rings (SSSR count). The topological polar surface area (TPSA) is 87.0 Å². The molecule has 3 aliphatic rings. The molecule has 1 aromatic rings. The molecule has 1 amide bonds. The lowest BCUT2D eigenvalue weighted by molar-refractivity contribution is 0.0519. The fourth-order valence-electron chi connectivity index (χ4n) is 3.85. The highest BCUT2D eigenvalue weighted by atomic mass is 35.5. The lowest BCUT2D eigenvalue weighted by Crippen LogP contribution is -2.56. The van der Waals surface area contributed by atoms with Crippen LogP contribution in [0.3, 0.4) is 0 Å². The average molecular weight is 367 g/mol. The minimum absolute atomic E-state index is 0.0150. The number of fused-ring (bicyclic) bond motifs is 3.